The molecular formula is C21H19ClN2O4S. The lowest BCUT2D eigenvalue weighted by molar-refractivity contribution is -0.142. The topological polar surface area (TPSA) is 77.5 Å². The third-order valence-corrected chi connectivity index (χ3v) is 5.04. The van der Waals surface area contributed by atoms with Crippen LogP contribution in [0.4, 0.5) is 5.69 Å². The SMILES string of the molecule is COC(=O)COc1ccc(NC(=O)Cc2csc(Cc3cccc(Cl)c3)n2)cc1. The molecule has 0 atom stereocenters. The van der Waals surface area contributed by atoms with Crippen molar-refractivity contribution in [2.45, 2.75) is 12.8 Å². The van der Waals surface area contributed by atoms with E-state index in [1.54, 1.807) is 24.3 Å². The van der Waals surface area contributed by atoms with E-state index in [9.17, 15) is 9.59 Å². The van der Waals surface area contributed by atoms with Crippen molar-refractivity contribution >= 4 is 40.5 Å². The standard InChI is InChI=1S/C21H19ClN2O4S/c1-27-21(26)12-28-18-7-5-16(6-8-18)23-19(25)11-17-13-29-20(24-17)10-14-3-2-4-15(22)9-14/h2-9,13H,10-12H2,1H3,(H,23,25). The van der Waals surface area contributed by atoms with Gasteiger partial charge < -0.3 is 14.8 Å². The number of aromatic nitrogens is 1. The van der Waals surface area contributed by atoms with Gasteiger partial charge in [-0.05, 0) is 42.0 Å². The van der Waals surface area contributed by atoms with Gasteiger partial charge in [-0.25, -0.2) is 9.78 Å². The van der Waals surface area contributed by atoms with Gasteiger partial charge in [0.2, 0.25) is 5.91 Å². The molecule has 0 unspecified atom stereocenters. The Morgan fingerprint density at radius 2 is 1.97 bits per heavy atom. The Bertz CT molecular complexity index is 988. The summed E-state index contributed by atoms with van der Waals surface area (Å²) in [5.41, 5.74) is 2.44. The maximum absolute atomic E-state index is 12.3. The first kappa shape index (κ1) is 20.8. The highest BCUT2D eigenvalue weighted by Crippen LogP contribution is 2.19. The van der Waals surface area contributed by atoms with E-state index in [0.717, 1.165) is 16.3 Å². The molecule has 1 heterocycles. The second-order valence-electron chi connectivity index (χ2n) is 6.15. The predicted molar refractivity (Wildman–Crippen MR) is 113 cm³/mol. The minimum absolute atomic E-state index is 0.159. The molecular weight excluding hydrogens is 412 g/mol. The van der Waals surface area contributed by atoms with Crippen LogP contribution >= 0.6 is 22.9 Å². The van der Waals surface area contributed by atoms with Crippen molar-refractivity contribution in [3.05, 3.63) is 75.2 Å². The molecule has 6 nitrogen and oxygen atoms in total. The highest BCUT2D eigenvalue weighted by Gasteiger charge is 2.09. The van der Waals surface area contributed by atoms with E-state index in [2.05, 4.69) is 15.0 Å². The third-order valence-electron chi connectivity index (χ3n) is 3.91. The molecule has 0 aliphatic rings. The average molecular weight is 431 g/mol. The molecule has 29 heavy (non-hydrogen) atoms. The zero-order chi connectivity index (χ0) is 20.6. The van der Waals surface area contributed by atoms with Crippen LogP contribution in [-0.4, -0.2) is 30.6 Å². The number of ether oxygens (including phenoxy) is 2. The molecule has 150 valence electrons. The van der Waals surface area contributed by atoms with Crippen LogP contribution in [0.5, 0.6) is 5.75 Å². The number of thiazole rings is 1. The Morgan fingerprint density at radius 1 is 1.17 bits per heavy atom. The Balaban J connectivity index is 1.50. The Morgan fingerprint density at radius 3 is 2.69 bits per heavy atom. The van der Waals surface area contributed by atoms with E-state index < -0.39 is 5.97 Å². The van der Waals surface area contributed by atoms with Gasteiger partial charge >= 0.3 is 5.97 Å². The van der Waals surface area contributed by atoms with Gasteiger partial charge in [-0.15, -0.1) is 11.3 Å². The van der Waals surface area contributed by atoms with Gasteiger partial charge in [-0.2, -0.15) is 0 Å². The average Bonchev–Trinajstić information content (AvgIpc) is 3.13. The second kappa shape index (κ2) is 10.0. The number of carbonyl (C=O) groups excluding carboxylic acids is 2. The number of carbonyl (C=O) groups is 2. The Labute approximate surface area is 177 Å². The fraction of sp³-hybridized carbons (Fsp3) is 0.190. The van der Waals surface area contributed by atoms with Crippen LogP contribution in [0.3, 0.4) is 0 Å². The normalized spacial score (nSPS) is 10.4. The molecule has 8 heteroatoms. The zero-order valence-electron chi connectivity index (χ0n) is 15.7. The summed E-state index contributed by atoms with van der Waals surface area (Å²) in [5, 5.41) is 6.34. The lowest BCUT2D eigenvalue weighted by atomic mass is 10.2. The highest BCUT2D eigenvalue weighted by molar-refractivity contribution is 7.09. The molecule has 0 radical (unpaired) electrons. The summed E-state index contributed by atoms with van der Waals surface area (Å²) in [6.45, 7) is -0.163. The minimum atomic E-state index is -0.458. The maximum Gasteiger partial charge on any atom is 0.343 e. The Hall–Kier alpha value is -2.90. The fourth-order valence-corrected chi connectivity index (χ4v) is 3.58. The van der Waals surface area contributed by atoms with E-state index in [1.165, 1.54) is 18.4 Å². The molecule has 0 bridgehead atoms. The number of benzene rings is 2. The van der Waals surface area contributed by atoms with Crippen molar-refractivity contribution in [2.75, 3.05) is 19.0 Å². The molecule has 0 saturated carbocycles. The number of halogens is 1. The summed E-state index contributed by atoms with van der Waals surface area (Å²) in [5.74, 6) is -0.105. The van der Waals surface area contributed by atoms with Gasteiger partial charge in [-0.3, -0.25) is 4.79 Å². The number of esters is 1. The van der Waals surface area contributed by atoms with Crippen LogP contribution < -0.4 is 10.1 Å². The summed E-state index contributed by atoms with van der Waals surface area (Å²) in [7, 11) is 1.30. The molecule has 0 spiro atoms. The number of hydrogen-bond acceptors (Lipinski definition) is 6. The number of hydrogen-bond donors (Lipinski definition) is 1. The largest absolute Gasteiger partial charge is 0.482 e. The molecule has 2 aromatic carbocycles. The van der Waals surface area contributed by atoms with Crippen LogP contribution in [0.25, 0.3) is 0 Å². The molecule has 1 N–H and O–H groups in total. The van der Waals surface area contributed by atoms with Gasteiger partial charge in [-0.1, -0.05) is 23.7 Å². The molecule has 1 aromatic heterocycles. The summed E-state index contributed by atoms with van der Waals surface area (Å²) < 4.78 is 9.78. The van der Waals surface area contributed by atoms with E-state index >= 15 is 0 Å². The molecule has 0 fully saturated rings. The van der Waals surface area contributed by atoms with Gasteiger partial charge in [0.05, 0.1) is 24.2 Å². The second-order valence-corrected chi connectivity index (χ2v) is 7.53. The number of methoxy groups -OCH3 is 1. The van der Waals surface area contributed by atoms with Crippen LogP contribution in [0.1, 0.15) is 16.3 Å². The lowest BCUT2D eigenvalue weighted by Crippen LogP contribution is -2.15. The zero-order valence-corrected chi connectivity index (χ0v) is 17.3. The summed E-state index contributed by atoms with van der Waals surface area (Å²) >= 11 is 7.53. The van der Waals surface area contributed by atoms with E-state index in [1.807, 2.05) is 29.6 Å². The van der Waals surface area contributed by atoms with Crippen molar-refractivity contribution in [1.82, 2.24) is 4.98 Å². The molecule has 0 aliphatic carbocycles. The van der Waals surface area contributed by atoms with Crippen LogP contribution in [0, 0.1) is 0 Å². The molecule has 0 saturated heterocycles. The molecule has 1 amide bonds. The summed E-state index contributed by atoms with van der Waals surface area (Å²) in [6, 6.07) is 14.4. The highest BCUT2D eigenvalue weighted by atomic mass is 35.5. The monoisotopic (exact) mass is 430 g/mol. The molecule has 0 aliphatic heterocycles. The molecule has 3 aromatic rings. The fourth-order valence-electron chi connectivity index (χ4n) is 2.54. The quantitative estimate of drug-likeness (QED) is 0.544. The first-order valence-electron chi connectivity index (χ1n) is 8.79. The van der Waals surface area contributed by atoms with Gasteiger partial charge in [0.25, 0.3) is 0 Å². The van der Waals surface area contributed by atoms with Crippen molar-refractivity contribution in [2.24, 2.45) is 0 Å². The van der Waals surface area contributed by atoms with E-state index in [-0.39, 0.29) is 18.9 Å². The maximum atomic E-state index is 12.3. The number of nitrogens with zero attached hydrogens (tertiary/aromatic N) is 1. The number of anilines is 1. The Kier molecular flexibility index (Phi) is 7.21. The summed E-state index contributed by atoms with van der Waals surface area (Å²) in [6.07, 6.45) is 0.868. The van der Waals surface area contributed by atoms with Crippen LogP contribution in [0.15, 0.2) is 53.9 Å². The third kappa shape index (κ3) is 6.58. The lowest BCUT2D eigenvalue weighted by Gasteiger charge is -2.07. The van der Waals surface area contributed by atoms with Crippen molar-refractivity contribution in [3.8, 4) is 5.75 Å². The first-order valence-corrected chi connectivity index (χ1v) is 10.0. The predicted octanol–water partition coefficient (Wildman–Crippen LogP) is 4.12. The number of amides is 1. The molecule has 3 rings (SSSR count). The van der Waals surface area contributed by atoms with E-state index in [4.69, 9.17) is 16.3 Å². The summed E-state index contributed by atoms with van der Waals surface area (Å²) in [4.78, 5) is 27.9. The van der Waals surface area contributed by atoms with Gasteiger partial charge in [0, 0.05) is 22.5 Å². The van der Waals surface area contributed by atoms with Gasteiger partial charge in [0.15, 0.2) is 6.61 Å². The van der Waals surface area contributed by atoms with E-state index in [0.29, 0.717) is 22.9 Å². The number of nitrogens with one attached hydrogen (secondary N) is 1. The smallest absolute Gasteiger partial charge is 0.343 e. The van der Waals surface area contributed by atoms with Crippen molar-refractivity contribution < 1.29 is 19.1 Å². The first-order chi connectivity index (χ1) is 14.0. The van der Waals surface area contributed by atoms with Gasteiger partial charge in [0.1, 0.15) is 5.75 Å². The van der Waals surface area contributed by atoms with Crippen molar-refractivity contribution in [3.63, 3.8) is 0 Å². The minimum Gasteiger partial charge on any atom is -0.482 e. The van der Waals surface area contributed by atoms with Crippen LogP contribution in [-0.2, 0) is 27.2 Å². The van der Waals surface area contributed by atoms with Crippen molar-refractivity contribution in [1.29, 1.82) is 0 Å². The van der Waals surface area contributed by atoms with Crippen LogP contribution in [0.2, 0.25) is 5.02 Å². The number of rotatable bonds is 8.